The molecule has 2 aromatic carbocycles. The highest BCUT2D eigenvalue weighted by Crippen LogP contribution is 2.39. The number of aromatic nitrogens is 1. The van der Waals surface area contributed by atoms with Crippen molar-refractivity contribution in [3.05, 3.63) is 77.5 Å². The summed E-state index contributed by atoms with van der Waals surface area (Å²) in [6, 6.07) is 11.6. The van der Waals surface area contributed by atoms with Crippen molar-refractivity contribution in [2.75, 3.05) is 56.1 Å². The van der Waals surface area contributed by atoms with E-state index in [1.165, 1.54) is 36.5 Å². The molecule has 2 saturated heterocycles. The Hall–Kier alpha value is -5.91. The van der Waals surface area contributed by atoms with Gasteiger partial charge in [-0.25, -0.2) is 14.5 Å². The van der Waals surface area contributed by atoms with E-state index in [0.29, 0.717) is 77.1 Å². The number of anilines is 3. The summed E-state index contributed by atoms with van der Waals surface area (Å²) in [5.74, 6) is -0.334. The first kappa shape index (κ1) is 44.6. The van der Waals surface area contributed by atoms with E-state index in [1.54, 1.807) is 59.1 Å². The van der Waals surface area contributed by atoms with Crippen LogP contribution in [0.4, 0.5) is 21.9 Å². The number of esters is 1. The van der Waals surface area contributed by atoms with Crippen LogP contribution >= 0.6 is 11.3 Å². The third-order valence-electron chi connectivity index (χ3n) is 10.5. The molecule has 2 aliphatic rings. The van der Waals surface area contributed by atoms with Gasteiger partial charge in [0.1, 0.15) is 17.2 Å². The number of aryl methyl sites for hydroxylation is 2. The van der Waals surface area contributed by atoms with Crippen molar-refractivity contribution in [3.63, 3.8) is 0 Å². The zero-order valence-corrected chi connectivity index (χ0v) is 35.8. The van der Waals surface area contributed by atoms with Crippen LogP contribution in [0.1, 0.15) is 77.1 Å². The van der Waals surface area contributed by atoms with Crippen LogP contribution in [-0.4, -0.2) is 98.9 Å². The Labute approximate surface area is 358 Å². The number of benzene rings is 2. The van der Waals surface area contributed by atoms with E-state index in [-0.39, 0.29) is 31.4 Å². The Morgan fingerprint density at radius 1 is 1.02 bits per heavy atom. The number of likely N-dealkylation sites (tertiary alicyclic amines) is 1. The van der Waals surface area contributed by atoms with Crippen molar-refractivity contribution in [3.8, 4) is 11.5 Å². The molecule has 0 radical (unpaired) electrons. The van der Waals surface area contributed by atoms with Gasteiger partial charge in [0.05, 0.1) is 38.2 Å². The van der Waals surface area contributed by atoms with E-state index in [4.69, 9.17) is 28.4 Å². The van der Waals surface area contributed by atoms with E-state index >= 15 is 0 Å². The first-order valence-corrected chi connectivity index (χ1v) is 21.1. The molecule has 4 aromatic rings. The minimum Gasteiger partial charge on any atom is -0.493 e. The smallest absolute Gasteiger partial charge is 0.416 e. The van der Waals surface area contributed by atoms with Crippen LogP contribution in [0.3, 0.4) is 0 Å². The zero-order valence-electron chi connectivity index (χ0n) is 34.9. The predicted molar refractivity (Wildman–Crippen MR) is 231 cm³/mol. The molecule has 0 spiro atoms. The van der Waals surface area contributed by atoms with Crippen molar-refractivity contribution in [2.24, 2.45) is 7.05 Å². The van der Waals surface area contributed by atoms with Gasteiger partial charge in [-0.2, -0.15) is 0 Å². The molecule has 3 atom stereocenters. The highest BCUT2D eigenvalue weighted by molar-refractivity contribution is 7.20. The number of rotatable bonds is 18. The third kappa shape index (κ3) is 11.1. The second-order valence-electron chi connectivity index (χ2n) is 14.8. The van der Waals surface area contributed by atoms with E-state index < -0.39 is 30.6 Å². The molecule has 0 saturated carbocycles. The lowest BCUT2D eigenvalue weighted by atomic mass is 9.99. The SMILES string of the molecule is C=CCOC(=O)N(c1cc(OCCCC(=O)Nc2cc(C(=O)Nc3ccc4sc(C(=O)OC)cc4c3)n(C)c2)c(OC)cc1C)C(OC1CCCCO1)C1CCCCN1C=O. The molecular weight excluding hydrogens is 807 g/mol. The summed E-state index contributed by atoms with van der Waals surface area (Å²) in [5.41, 5.74) is 2.42. The summed E-state index contributed by atoms with van der Waals surface area (Å²) >= 11 is 1.31. The molecule has 6 rings (SSSR count). The van der Waals surface area contributed by atoms with Crippen LogP contribution < -0.4 is 25.0 Å². The largest absolute Gasteiger partial charge is 0.493 e. The summed E-state index contributed by atoms with van der Waals surface area (Å²) in [6.07, 6.45) is 6.87. The molecule has 326 valence electrons. The average molecular weight is 860 g/mol. The summed E-state index contributed by atoms with van der Waals surface area (Å²) in [7, 11) is 4.55. The van der Waals surface area contributed by atoms with E-state index in [0.717, 1.165) is 42.2 Å². The van der Waals surface area contributed by atoms with Crippen LogP contribution in [0.15, 0.2) is 61.3 Å². The number of thiophene rings is 1. The van der Waals surface area contributed by atoms with Gasteiger partial charge in [0.2, 0.25) is 12.3 Å². The van der Waals surface area contributed by atoms with Gasteiger partial charge in [0.15, 0.2) is 24.0 Å². The Kier molecular flexibility index (Phi) is 15.4. The Morgan fingerprint density at radius 3 is 2.57 bits per heavy atom. The molecule has 0 bridgehead atoms. The number of ether oxygens (including phenoxy) is 6. The first-order chi connectivity index (χ1) is 29.5. The van der Waals surface area contributed by atoms with Crippen molar-refractivity contribution < 1.29 is 52.4 Å². The Balaban J connectivity index is 1.12. The number of carbonyl (C=O) groups excluding carboxylic acids is 5. The van der Waals surface area contributed by atoms with Gasteiger partial charge in [0, 0.05) is 49.3 Å². The molecule has 16 nitrogen and oxygen atoms in total. The van der Waals surface area contributed by atoms with E-state index in [1.807, 2.05) is 13.0 Å². The molecule has 61 heavy (non-hydrogen) atoms. The fourth-order valence-corrected chi connectivity index (χ4v) is 8.41. The van der Waals surface area contributed by atoms with Crippen LogP contribution in [-0.2, 0) is 35.6 Å². The predicted octanol–water partition coefficient (Wildman–Crippen LogP) is 7.40. The maximum Gasteiger partial charge on any atom is 0.416 e. The van der Waals surface area contributed by atoms with Crippen LogP contribution in [0.5, 0.6) is 11.5 Å². The van der Waals surface area contributed by atoms with Crippen molar-refractivity contribution in [1.82, 2.24) is 9.47 Å². The number of amides is 4. The Morgan fingerprint density at radius 2 is 1.84 bits per heavy atom. The minimum atomic E-state index is -0.947. The summed E-state index contributed by atoms with van der Waals surface area (Å²) in [5, 5.41) is 6.53. The van der Waals surface area contributed by atoms with Crippen molar-refractivity contribution in [1.29, 1.82) is 0 Å². The van der Waals surface area contributed by atoms with Crippen LogP contribution in [0.2, 0.25) is 0 Å². The number of hydrogen-bond donors (Lipinski definition) is 2. The first-order valence-electron chi connectivity index (χ1n) is 20.3. The number of carbonyl (C=O) groups is 5. The average Bonchev–Trinajstić information content (AvgIpc) is 3.87. The zero-order chi connectivity index (χ0) is 43.5. The molecule has 2 aromatic heterocycles. The van der Waals surface area contributed by atoms with Gasteiger partial charge in [-0.1, -0.05) is 12.7 Å². The highest BCUT2D eigenvalue weighted by Gasteiger charge is 2.41. The molecule has 17 heteroatoms. The summed E-state index contributed by atoms with van der Waals surface area (Å²) in [4.78, 5) is 68.2. The fraction of sp³-hybridized carbons (Fsp3) is 0.432. The van der Waals surface area contributed by atoms with Crippen LogP contribution in [0, 0.1) is 6.92 Å². The van der Waals surface area contributed by atoms with Gasteiger partial charge in [-0.15, -0.1) is 11.3 Å². The van der Waals surface area contributed by atoms with Crippen molar-refractivity contribution in [2.45, 2.75) is 76.9 Å². The molecule has 2 aliphatic heterocycles. The normalized spacial score (nSPS) is 16.9. The number of hydrogen-bond acceptors (Lipinski definition) is 12. The summed E-state index contributed by atoms with van der Waals surface area (Å²) < 4.78 is 37.4. The van der Waals surface area contributed by atoms with Gasteiger partial charge >= 0.3 is 12.1 Å². The molecule has 2 N–H and O–H groups in total. The third-order valence-corrected chi connectivity index (χ3v) is 11.6. The Bertz CT molecular complexity index is 2210. The van der Waals surface area contributed by atoms with Gasteiger partial charge < -0.3 is 48.5 Å². The topological polar surface area (TPSA) is 176 Å². The van der Waals surface area contributed by atoms with E-state index in [2.05, 4.69) is 17.2 Å². The molecule has 4 amide bonds. The van der Waals surface area contributed by atoms with Gasteiger partial charge in [-0.05, 0) is 99.2 Å². The lowest BCUT2D eigenvalue weighted by Crippen LogP contribution is -2.58. The van der Waals surface area contributed by atoms with E-state index in [9.17, 15) is 24.0 Å². The second-order valence-corrected chi connectivity index (χ2v) is 15.9. The highest BCUT2D eigenvalue weighted by atomic mass is 32.1. The monoisotopic (exact) mass is 859 g/mol. The maximum atomic E-state index is 14.0. The number of methoxy groups -OCH3 is 2. The number of nitrogens with zero attached hydrogens (tertiary/aromatic N) is 3. The number of piperidine rings is 1. The molecule has 2 fully saturated rings. The number of fused-ring (bicyclic) bond motifs is 1. The van der Waals surface area contributed by atoms with Crippen LogP contribution in [0.25, 0.3) is 10.1 Å². The molecular formula is C44H53N5O11S. The second kappa shape index (κ2) is 21.1. The van der Waals surface area contributed by atoms with Crippen molar-refractivity contribution >= 4 is 68.8 Å². The lowest BCUT2D eigenvalue weighted by Gasteiger charge is -2.44. The lowest BCUT2D eigenvalue weighted by molar-refractivity contribution is -0.201. The number of nitrogens with one attached hydrogen (secondary N) is 2. The van der Waals surface area contributed by atoms with Gasteiger partial charge in [-0.3, -0.25) is 14.4 Å². The standard InChI is InChI=1S/C44H53N5O11S/c1-6-18-59-44(54)49(42(60-40-14-8-10-19-58-40)32-12-7-9-17-48(32)27-50)33-25-36(35(55-4)21-28(33)2)57-20-11-13-39(51)45-31-24-34(47(3)26-31)41(52)46-30-15-16-37-29(22-30)23-38(61-37)43(53)56-5/h6,15-16,21-27,32,40,42H,1,7-14,17-20H2,2-5H3,(H,45,51)(H,46,52). The minimum absolute atomic E-state index is 0.0455. The molecule has 0 aliphatic carbocycles. The molecule has 3 unspecified atom stereocenters. The van der Waals surface area contributed by atoms with Gasteiger partial charge in [0.25, 0.3) is 5.91 Å². The molecule has 4 heterocycles. The maximum absolute atomic E-state index is 14.0. The summed E-state index contributed by atoms with van der Waals surface area (Å²) in [6.45, 7) is 6.66. The quantitative estimate of drug-likeness (QED) is 0.0335. The fourth-order valence-electron chi connectivity index (χ4n) is 7.45.